The molecule has 134 valence electrons. The highest BCUT2D eigenvalue weighted by molar-refractivity contribution is 5.94. The van der Waals surface area contributed by atoms with Crippen LogP contribution >= 0.6 is 0 Å². The van der Waals surface area contributed by atoms with E-state index < -0.39 is 0 Å². The van der Waals surface area contributed by atoms with Gasteiger partial charge in [0.1, 0.15) is 0 Å². The first kappa shape index (κ1) is 19.0. The van der Waals surface area contributed by atoms with Crippen LogP contribution in [-0.2, 0) is 0 Å². The summed E-state index contributed by atoms with van der Waals surface area (Å²) in [4.78, 5) is 16.7. The Hall–Kier alpha value is -2.33. The van der Waals surface area contributed by atoms with Gasteiger partial charge < -0.3 is 15.1 Å². The Bertz CT molecular complexity index is 700. The van der Waals surface area contributed by atoms with Gasteiger partial charge in [0.15, 0.2) is 0 Å². The molecule has 0 aromatic heterocycles. The van der Waals surface area contributed by atoms with Crippen molar-refractivity contribution in [2.45, 2.75) is 19.9 Å². The Morgan fingerprint density at radius 1 is 0.960 bits per heavy atom. The van der Waals surface area contributed by atoms with E-state index in [9.17, 15) is 4.79 Å². The van der Waals surface area contributed by atoms with Gasteiger partial charge in [-0.2, -0.15) is 0 Å². The maximum absolute atomic E-state index is 12.5. The van der Waals surface area contributed by atoms with Gasteiger partial charge in [-0.25, -0.2) is 0 Å². The number of hydrogen-bond donors (Lipinski definition) is 1. The number of amides is 1. The first-order chi connectivity index (χ1) is 11.8. The monoisotopic (exact) mass is 339 g/mol. The number of rotatable bonds is 6. The number of nitrogens with one attached hydrogen (secondary N) is 1. The molecule has 1 unspecified atom stereocenters. The minimum absolute atomic E-state index is 0.0245. The standard InChI is InChI=1S/C21H29N3O/c1-15-11-16(2)13-18(12-15)21(25)22-14-20(24(5)6)17-7-9-19(10-8-17)23(3)4/h7-13,20H,14H2,1-6H3,(H,22,25). The average Bonchev–Trinajstić information content (AvgIpc) is 2.54. The minimum Gasteiger partial charge on any atom is -0.378 e. The lowest BCUT2D eigenvalue weighted by Gasteiger charge is -2.26. The topological polar surface area (TPSA) is 35.6 Å². The lowest BCUT2D eigenvalue weighted by Crippen LogP contribution is -2.34. The van der Waals surface area contributed by atoms with Crippen LogP contribution in [0.15, 0.2) is 42.5 Å². The molecular weight excluding hydrogens is 310 g/mol. The highest BCUT2D eigenvalue weighted by Crippen LogP contribution is 2.21. The van der Waals surface area contributed by atoms with Crippen molar-refractivity contribution in [3.8, 4) is 0 Å². The molecule has 0 saturated carbocycles. The maximum Gasteiger partial charge on any atom is 0.251 e. The van der Waals surface area contributed by atoms with Gasteiger partial charge >= 0.3 is 0 Å². The molecule has 0 bridgehead atoms. The predicted octanol–water partition coefficient (Wildman–Crippen LogP) is 3.40. The molecule has 1 N–H and O–H groups in total. The highest BCUT2D eigenvalue weighted by Gasteiger charge is 2.16. The molecule has 1 atom stereocenters. The van der Waals surface area contributed by atoms with Crippen molar-refractivity contribution in [1.82, 2.24) is 10.2 Å². The number of benzene rings is 2. The van der Waals surface area contributed by atoms with Gasteiger partial charge in [-0.05, 0) is 57.8 Å². The van der Waals surface area contributed by atoms with E-state index in [1.165, 1.54) is 11.3 Å². The van der Waals surface area contributed by atoms with Crippen LogP contribution in [-0.4, -0.2) is 45.5 Å². The molecule has 2 rings (SSSR count). The number of carbonyl (C=O) groups excluding carboxylic acids is 1. The largest absolute Gasteiger partial charge is 0.378 e. The van der Waals surface area contributed by atoms with Crippen LogP contribution in [0.1, 0.15) is 33.1 Å². The van der Waals surface area contributed by atoms with Crippen LogP contribution in [0.3, 0.4) is 0 Å². The normalized spacial score (nSPS) is 12.1. The Balaban J connectivity index is 2.10. The molecule has 0 heterocycles. The molecule has 1 amide bonds. The van der Waals surface area contributed by atoms with Gasteiger partial charge in [0.2, 0.25) is 0 Å². The number of carbonyl (C=O) groups is 1. The number of hydrogen-bond acceptors (Lipinski definition) is 3. The van der Waals surface area contributed by atoms with E-state index in [4.69, 9.17) is 0 Å². The van der Waals surface area contributed by atoms with E-state index in [-0.39, 0.29) is 11.9 Å². The summed E-state index contributed by atoms with van der Waals surface area (Å²) in [6, 6.07) is 14.5. The third kappa shape index (κ3) is 5.07. The Kier molecular flexibility index (Phi) is 6.21. The zero-order chi connectivity index (χ0) is 18.6. The lowest BCUT2D eigenvalue weighted by molar-refractivity contribution is 0.0941. The zero-order valence-corrected chi connectivity index (χ0v) is 16.1. The summed E-state index contributed by atoms with van der Waals surface area (Å²) in [7, 11) is 8.13. The molecular formula is C21H29N3O. The van der Waals surface area contributed by atoms with E-state index in [2.05, 4.69) is 45.4 Å². The Morgan fingerprint density at radius 2 is 1.52 bits per heavy atom. The van der Waals surface area contributed by atoms with Gasteiger partial charge in [0, 0.05) is 31.9 Å². The fourth-order valence-electron chi connectivity index (χ4n) is 2.99. The maximum atomic E-state index is 12.5. The van der Waals surface area contributed by atoms with Crippen molar-refractivity contribution >= 4 is 11.6 Å². The summed E-state index contributed by atoms with van der Waals surface area (Å²) in [5, 5.41) is 3.08. The highest BCUT2D eigenvalue weighted by atomic mass is 16.1. The molecule has 0 aliphatic carbocycles. The molecule has 2 aromatic carbocycles. The fraction of sp³-hybridized carbons (Fsp3) is 0.381. The molecule has 0 radical (unpaired) electrons. The SMILES string of the molecule is Cc1cc(C)cc(C(=O)NCC(c2ccc(N(C)C)cc2)N(C)C)c1. The van der Waals surface area contributed by atoms with Crippen LogP contribution in [0.5, 0.6) is 0 Å². The van der Waals surface area contributed by atoms with Gasteiger partial charge in [0.05, 0.1) is 6.04 Å². The summed E-state index contributed by atoms with van der Waals surface area (Å²) in [6.07, 6.45) is 0. The summed E-state index contributed by atoms with van der Waals surface area (Å²) < 4.78 is 0. The first-order valence-corrected chi connectivity index (χ1v) is 8.58. The van der Waals surface area contributed by atoms with Crippen molar-refractivity contribution in [2.75, 3.05) is 39.6 Å². The molecule has 0 aliphatic rings. The zero-order valence-electron chi connectivity index (χ0n) is 16.1. The van der Waals surface area contributed by atoms with E-state index >= 15 is 0 Å². The second kappa shape index (κ2) is 8.17. The van der Waals surface area contributed by atoms with Crippen molar-refractivity contribution in [2.24, 2.45) is 0 Å². The van der Waals surface area contributed by atoms with Crippen LogP contribution in [0.4, 0.5) is 5.69 Å². The fourth-order valence-corrected chi connectivity index (χ4v) is 2.99. The lowest BCUT2D eigenvalue weighted by atomic mass is 10.0. The predicted molar refractivity (Wildman–Crippen MR) is 105 cm³/mol. The van der Waals surface area contributed by atoms with E-state index in [0.717, 1.165) is 16.7 Å². The van der Waals surface area contributed by atoms with Gasteiger partial charge in [0.25, 0.3) is 5.91 Å². The van der Waals surface area contributed by atoms with Gasteiger partial charge in [-0.1, -0.05) is 29.3 Å². The van der Waals surface area contributed by atoms with Crippen molar-refractivity contribution in [3.63, 3.8) is 0 Å². The van der Waals surface area contributed by atoms with E-state index in [0.29, 0.717) is 6.54 Å². The van der Waals surface area contributed by atoms with Crippen molar-refractivity contribution < 1.29 is 4.79 Å². The molecule has 0 fully saturated rings. The average molecular weight is 339 g/mol. The van der Waals surface area contributed by atoms with Crippen LogP contribution in [0.25, 0.3) is 0 Å². The van der Waals surface area contributed by atoms with Crippen LogP contribution in [0.2, 0.25) is 0 Å². The number of anilines is 1. The quantitative estimate of drug-likeness (QED) is 0.876. The van der Waals surface area contributed by atoms with Gasteiger partial charge in [-0.15, -0.1) is 0 Å². The molecule has 2 aromatic rings. The van der Waals surface area contributed by atoms with Crippen LogP contribution in [0, 0.1) is 13.8 Å². The second-order valence-electron chi connectivity index (χ2n) is 7.05. The minimum atomic E-state index is -0.0245. The Labute approximate surface area is 151 Å². The Morgan fingerprint density at radius 3 is 2.00 bits per heavy atom. The van der Waals surface area contributed by atoms with Crippen LogP contribution < -0.4 is 10.2 Å². The first-order valence-electron chi connectivity index (χ1n) is 8.58. The van der Waals surface area contributed by atoms with E-state index in [1.54, 1.807) is 0 Å². The summed E-state index contributed by atoms with van der Waals surface area (Å²) in [6.45, 7) is 4.59. The van der Waals surface area contributed by atoms with E-state index in [1.807, 2.05) is 54.2 Å². The number of nitrogens with zero attached hydrogens (tertiary/aromatic N) is 2. The number of aryl methyl sites for hydroxylation is 2. The summed E-state index contributed by atoms with van der Waals surface area (Å²) in [5.41, 5.74) is 5.29. The molecule has 0 aliphatic heterocycles. The van der Waals surface area contributed by atoms with Crippen molar-refractivity contribution in [3.05, 3.63) is 64.7 Å². The third-order valence-corrected chi connectivity index (χ3v) is 4.36. The number of likely N-dealkylation sites (N-methyl/N-ethyl adjacent to an activating group) is 1. The molecule has 4 heteroatoms. The third-order valence-electron chi connectivity index (χ3n) is 4.36. The van der Waals surface area contributed by atoms with Crippen molar-refractivity contribution in [1.29, 1.82) is 0 Å². The molecule has 25 heavy (non-hydrogen) atoms. The summed E-state index contributed by atoms with van der Waals surface area (Å²) in [5.74, 6) is -0.0245. The summed E-state index contributed by atoms with van der Waals surface area (Å²) >= 11 is 0. The molecule has 0 spiro atoms. The molecule has 0 saturated heterocycles. The smallest absolute Gasteiger partial charge is 0.251 e. The second-order valence-corrected chi connectivity index (χ2v) is 7.05. The molecule has 4 nitrogen and oxygen atoms in total. The van der Waals surface area contributed by atoms with Gasteiger partial charge in [-0.3, -0.25) is 4.79 Å².